The molecule has 1 unspecified atom stereocenters. The summed E-state index contributed by atoms with van der Waals surface area (Å²) in [6, 6.07) is 0. The number of hydrogen-bond donors (Lipinski definition) is 0. The molecule has 1 saturated carbocycles. The highest BCUT2D eigenvalue weighted by atomic mass is 32.2. The van der Waals surface area contributed by atoms with Gasteiger partial charge in [-0.2, -0.15) is 11.8 Å². The fourth-order valence-corrected chi connectivity index (χ4v) is 3.17. The second kappa shape index (κ2) is 3.82. The summed E-state index contributed by atoms with van der Waals surface area (Å²) in [5.74, 6) is 3.80. The first kappa shape index (κ1) is 8.61. The first-order valence-corrected chi connectivity index (χ1v) is 6.12. The van der Waals surface area contributed by atoms with E-state index in [0.717, 1.165) is 17.4 Å². The molecule has 1 aliphatic carbocycles. The predicted molar refractivity (Wildman–Crippen MR) is 52.4 cm³/mol. The predicted octanol–water partition coefficient (Wildman–Crippen LogP) is 2.50. The van der Waals surface area contributed by atoms with Crippen LogP contribution in [-0.2, 0) is 4.79 Å². The third-order valence-electron chi connectivity index (χ3n) is 3.17. The van der Waals surface area contributed by atoms with Crippen molar-refractivity contribution in [3.05, 3.63) is 0 Å². The van der Waals surface area contributed by atoms with Crippen LogP contribution in [0.1, 0.15) is 32.1 Å². The van der Waals surface area contributed by atoms with Crippen molar-refractivity contribution in [1.82, 2.24) is 0 Å². The van der Waals surface area contributed by atoms with Gasteiger partial charge in [0.25, 0.3) is 0 Å². The summed E-state index contributed by atoms with van der Waals surface area (Å²) in [6.45, 7) is 0. The van der Waals surface area contributed by atoms with Gasteiger partial charge in [-0.05, 0) is 18.8 Å². The number of Topliss-reactive ketones (excluding diaryl/α,β-unsaturated/α-hetero) is 1. The molecule has 1 saturated heterocycles. The molecule has 0 N–H and O–H groups in total. The number of carbonyl (C=O) groups is 1. The van der Waals surface area contributed by atoms with E-state index in [4.69, 9.17) is 0 Å². The average molecular weight is 184 g/mol. The molecular formula is C10H16OS. The third-order valence-corrected chi connectivity index (χ3v) is 4.29. The van der Waals surface area contributed by atoms with Gasteiger partial charge in [0.1, 0.15) is 5.78 Å². The van der Waals surface area contributed by atoms with E-state index in [0.29, 0.717) is 11.7 Å². The van der Waals surface area contributed by atoms with Gasteiger partial charge in [0.15, 0.2) is 0 Å². The molecule has 2 fully saturated rings. The minimum Gasteiger partial charge on any atom is -0.298 e. The first-order valence-electron chi connectivity index (χ1n) is 4.96. The summed E-state index contributed by atoms with van der Waals surface area (Å²) < 4.78 is 0. The second-order valence-electron chi connectivity index (χ2n) is 4.05. The Bertz CT molecular complexity index is 175. The molecule has 68 valence electrons. The van der Waals surface area contributed by atoms with E-state index in [-0.39, 0.29) is 0 Å². The zero-order chi connectivity index (χ0) is 8.39. The van der Waals surface area contributed by atoms with Crippen LogP contribution in [0.15, 0.2) is 0 Å². The maximum absolute atomic E-state index is 11.3. The molecule has 0 spiro atoms. The number of hydrogen-bond acceptors (Lipinski definition) is 2. The topological polar surface area (TPSA) is 17.1 Å². The molecule has 2 rings (SSSR count). The van der Waals surface area contributed by atoms with Gasteiger partial charge in [-0.25, -0.2) is 0 Å². The SMILES string of the molecule is O=C1CSCC1CCC1CCC1. The van der Waals surface area contributed by atoms with E-state index >= 15 is 0 Å². The van der Waals surface area contributed by atoms with Gasteiger partial charge in [0.05, 0.1) is 5.75 Å². The molecular weight excluding hydrogens is 168 g/mol. The largest absolute Gasteiger partial charge is 0.298 e. The summed E-state index contributed by atoms with van der Waals surface area (Å²) in [5, 5.41) is 0. The van der Waals surface area contributed by atoms with Gasteiger partial charge < -0.3 is 0 Å². The molecule has 12 heavy (non-hydrogen) atoms. The van der Waals surface area contributed by atoms with Gasteiger partial charge in [-0.3, -0.25) is 4.79 Å². The second-order valence-corrected chi connectivity index (χ2v) is 5.08. The zero-order valence-electron chi connectivity index (χ0n) is 7.42. The average Bonchev–Trinajstić information content (AvgIpc) is 2.33. The fourth-order valence-electron chi connectivity index (χ4n) is 1.98. The van der Waals surface area contributed by atoms with Crippen LogP contribution in [0.5, 0.6) is 0 Å². The van der Waals surface area contributed by atoms with E-state index in [1.807, 2.05) is 11.8 Å². The Morgan fingerprint density at radius 1 is 1.33 bits per heavy atom. The van der Waals surface area contributed by atoms with Crippen LogP contribution in [0.25, 0.3) is 0 Å². The highest BCUT2D eigenvalue weighted by Crippen LogP contribution is 2.33. The fraction of sp³-hybridized carbons (Fsp3) is 0.900. The minimum atomic E-state index is 0.426. The Balaban J connectivity index is 1.68. The van der Waals surface area contributed by atoms with E-state index < -0.39 is 0 Å². The molecule has 2 heteroatoms. The third kappa shape index (κ3) is 1.85. The Labute approximate surface area is 78.3 Å². The molecule has 1 aliphatic heterocycles. The van der Waals surface area contributed by atoms with E-state index in [1.54, 1.807) is 0 Å². The summed E-state index contributed by atoms with van der Waals surface area (Å²) in [4.78, 5) is 11.3. The molecule has 1 heterocycles. The monoisotopic (exact) mass is 184 g/mol. The molecule has 1 atom stereocenters. The Morgan fingerprint density at radius 2 is 2.17 bits per heavy atom. The number of ketones is 1. The summed E-state index contributed by atoms with van der Waals surface area (Å²) in [5.41, 5.74) is 0. The van der Waals surface area contributed by atoms with Crippen molar-refractivity contribution < 1.29 is 4.79 Å². The van der Waals surface area contributed by atoms with Gasteiger partial charge in [0.2, 0.25) is 0 Å². The van der Waals surface area contributed by atoms with Crippen molar-refractivity contribution in [2.24, 2.45) is 11.8 Å². The Hall–Kier alpha value is 0.0200. The maximum atomic E-state index is 11.3. The van der Waals surface area contributed by atoms with E-state index in [9.17, 15) is 4.79 Å². The summed E-state index contributed by atoms with van der Waals surface area (Å²) >= 11 is 1.82. The zero-order valence-corrected chi connectivity index (χ0v) is 8.24. The molecule has 1 nitrogen and oxygen atoms in total. The van der Waals surface area contributed by atoms with Crippen molar-refractivity contribution in [1.29, 1.82) is 0 Å². The Morgan fingerprint density at radius 3 is 2.67 bits per heavy atom. The molecule has 0 bridgehead atoms. The molecule has 0 aromatic carbocycles. The van der Waals surface area contributed by atoms with Crippen LogP contribution in [0, 0.1) is 11.8 Å². The number of thioether (sulfide) groups is 1. The van der Waals surface area contributed by atoms with Crippen LogP contribution in [-0.4, -0.2) is 17.3 Å². The number of rotatable bonds is 3. The quantitative estimate of drug-likeness (QED) is 0.670. The van der Waals surface area contributed by atoms with Gasteiger partial charge in [-0.1, -0.05) is 19.3 Å². The van der Waals surface area contributed by atoms with Crippen LogP contribution in [0.4, 0.5) is 0 Å². The van der Waals surface area contributed by atoms with Crippen molar-refractivity contribution in [3.63, 3.8) is 0 Å². The lowest BCUT2D eigenvalue weighted by Crippen LogP contribution is -2.16. The minimum absolute atomic E-state index is 0.426. The first-order chi connectivity index (χ1) is 5.86. The molecule has 2 aliphatic rings. The maximum Gasteiger partial charge on any atom is 0.146 e. The van der Waals surface area contributed by atoms with E-state index in [1.165, 1.54) is 32.1 Å². The van der Waals surface area contributed by atoms with Crippen molar-refractivity contribution >= 4 is 17.5 Å². The van der Waals surface area contributed by atoms with Crippen LogP contribution in [0.3, 0.4) is 0 Å². The van der Waals surface area contributed by atoms with Crippen LogP contribution in [0.2, 0.25) is 0 Å². The number of carbonyl (C=O) groups excluding carboxylic acids is 1. The van der Waals surface area contributed by atoms with Crippen LogP contribution >= 0.6 is 11.8 Å². The normalized spacial score (nSPS) is 30.7. The summed E-state index contributed by atoms with van der Waals surface area (Å²) in [6.07, 6.45) is 6.77. The molecule has 0 radical (unpaired) electrons. The lowest BCUT2D eigenvalue weighted by molar-refractivity contribution is -0.119. The van der Waals surface area contributed by atoms with Gasteiger partial charge in [0, 0.05) is 11.7 Å². The van der Waals surface area contributed by atoms with Crippen molar-refractivity contribution in [2.75, 3.05) is 11.5 Å². The molecule has 0 aromatic rings. The van der Waals surface area contributed by atoms with Gasteiger partial charge >= 0.3 is 0 Å². The van der Waals surface area contributed by atoms with Gasteiger partial charge in [-0.15, -0.1) is 0 Å². The Kier molecular flexibility index (Phi) is 2.74. The lowest BCUT2D eigenvalue weighted by atomic mass is 9.80. The lowest BCUT2D eigenvalue weighted by Gasteiger charge is -2.25. The van der Waals surface area contributed by atoms with Crippen LogP contribution < -0.4 is 0 Å². The standard InChI is InChI=1S/C10H16OS/c11-10-7-12-6-9(10)5-4-8-2-1-3-8/h8-9H,1-7H2. The highest BCUT2D eigenvalue weighted by molar-refractivity contribution is 8.00. The van der Waals surface area contributed by atoms with Crippen molar-refractivity contribution in [2.45, 2.75) is 32.1 Å². The van der Waals surface area contributed by atoms with E-state index in [2.05, 4.69) is 0 Å². The smallest absolute Gasteiger partial charge is 0.146 e. The van der Waals surface area contributed by atoms with Crippen molar-refractivity contribution in [3.8, 4) is 0 Å². The molecule has 0 amide bonds. The summed E-state index contributed by atoms with van der Waals surface area (Å²) in [7, 11) is 0. The molecule has 0 aromatic heterocycles. The highest BCUT2D eigenvalue weighted by Gasteiger charge is 2.26.